The van der Waals surface area contributed by atoms with Crippen LogP contribution in [0, 0.1) is 16.7 Å². The van der Waals surface area contributed by atoms with Crippen LogP contribution in [0.25, 0.3) is 21.7 Å². The van der Waals surface area contributed by atoms with Gasteiger partial charge in [0.05, 0.1) is 41.1 Å². The molecule has 45 heavy (non-hydrogen) atoms. The summed E-state index contributed by atoms with van der Waals surface area (Å²) in [5.41, 5.74) is 0.831. The Hall–Kier alpha value is -4.63. The maximum atomic E-state index is 14.0. The van der Waals surface area contributed by atoms with Crippen molar-refractivity contribution in [3.8, 4) is 11.9 Å². The molecule has 0 radical (unpaired) electrons. The van der Waals surface area contributed by atoms with Crippen LogP contribution in [0.4, 0.5) is 24.5 Å². The van der Waals surface area contributed by atoms with Gasteiger partial charge in [0.25, 0.3) is 0 Å². The summed E-state index contributed by atoms with van der Waals surface area (Å²) in [7, 11) is 1.52. The minimum atomic E-state index is -4.47. The van der Waals surface area contributed by atoms with E-state index < -0.39 is 17.8 Å². The third-order valence-electron chi connectivity index (χ3n) is 7.96. The van der Waals surface area contributed by atoms with E-state index in [-0.39, 0.29) is 24.0 Å². The fraction of sp³-hybridized carbons (Fsp3) is 0.344. The smallest absolute Gasteiger partial charge is 0.413 e. The first kappa shape index (κ1) is 30.4. The second-order valence-corrected chi connectivity index (χ2v) is 12.8. The Morgan fingerprint density at radius 2 is 1.89 bits per heavy atom. The third kappa shape index (κ3) is 5.57. The fourth-order valence-corrected chi connectivity index (χ4v) is 5.72. The Morgan fingerprint density at radius 3 is 2.56 bits per heavy atom. The van der Waals surface area contributed by atoms with Crippen molar-refractivity contribution in [3.63, 3.8) is 0 Å². The maximum Gasteiger partial charge on any atom is 0.413 e. The average molecular weight is 635 g/mol. The van der Waals surface area contributed by atoms with Gasteiger partial charge in [-0.25, -0.2) is 9.67 Å². The first-order chi connectivity index (χ1) is 21.3. The number of anilines is 2. The molecule has 0 unspecified atom stereocenters. The molecule has 1 atom stereocenters. The molecule has 0 spiro atoms. The van der Waals surface area contributed by atoms with Gasteiger partial charge in [-0.3, -0.25) is 4.98 Å². The summed E-state index contributed by atoms with van der Waals surface area (Å²) in [4.78, 5) is 8.74. The number of pyridine rings is 2. The summed E-state index contributed by atoms with van der Waals surface area (Å²) >= 11 is 6.76. The number of nitrogens with zero attached hydrogens (tertiary/aromatic N) is 6. The van der Waals surface area contributed by atoms with Crippen LogP contribution in [-0.2, 0) is 5.54 Å². The molecule has 2 aromatic carbocycles. The monoisotopic (exact) mass is 634 g/mol. The lowest BCUT2D eigenvalue weighted by molar-refractivity contribution is -0.182. The highest BCUT2D eigenvalue weighted by Crippen LogP contribution is 2.55. The molecule has 1 aliphatic carbocycles. The van der Waals surface area contributed by atoms with Crippen molar-refractivity contribution < 1.29 is 17.9 Å². The molecule has 232 valence electrons. The number of aromatic nitrogens is 5. The van der Waals surface area contributed by atoms with Crippen LogP contribution in [-0.4, -0.2) is 44.8 Å². The lowest BCUT2D eigenvalue weighted by atomic mass is 9.96. The molecule has 5 aromatic rings. The van der Waals surface area contributed by atoms with Crippen LogP contribution < -0.4 is 15.4 Å². The molecule has 6 rings (SSSR count). The average Bonchev–Trinajstić information content (AvgIpc) is 3.69. The minimum Gasteiger partial charge on any atom is -0.481 e. The molecule has 0 amide bonds. The number of hydrogen-bond acceptors (Lipinski definition) is 8. The highest BCUT2D eigenvalue weighted by Gasteiger charge is 2.66. The van der Waals surface area contributed by atoms with E-state index in [1.54, 1.807) is 12.3 Å². The van der Waals surface area contributed by atoms with Gasteiger partial charge in [-0.1, -0.05) is 49.7 Å². The van der Waals surface area contributed by atoms with Gasteiger partial charge >= 0.3 is 6.18 Å². The van der Waals surface area contributed by atoms with Crippen molar-refractivity contribution in [1.29, 1.82) is 5.26 Å². The molecule has 0 aliphatic heterocycles. The number of ether oxygens (including phenoxy) is 1. The van der Waals surface area contributed by atoms with Crippen molar-refractivity contribution in [2.45, 2.75) is 51.4 Å². The molecule has 9 nitrogen and oxygen atoms in total. The Kier molecular flexibility index (Phi) is 7.48. The molecule has 0 saturated heterocycles. The number of rotatable bonds is 8. The quantitative estimate of drug-likeness (QED) is 0.179. The molecule has 13 heteroatoms. The predicted molar refractivity (Wildman–Crippen MR) is 166 cm³/mol. The summed E-state index contributed by atoms with van der Waals surface area (Å²) < 4.78 is 48.4. The van der Waals surface area contributed by atoms with Gasteiger partial charge in [-0.05, 0) is 53.5 Å². The summed E-state index contributed by atoms with van der Waals surface area (Å²) in [5.74, 6) is 0.407. The second kappa shape index (κ2) is 11.1. The van der Waals surface area contributed by atoms with E-state index in [1.807, 2.05) is 30.3 Å². The minimum absolute atomic E-state index is 0.0621. The molecule has 2 N–H and O–H groups in total. The molecular formula is C32H30ClF3N8O. The number of nitrogens with one attached hydrogen (secondary N) is 2. The van der Waals surface area contributed by atoms with Crippen LogP contribution >= 0.6 is 11.6 Å². The van der Waals surface area contributed by atoms with E-state index in [1.165, 1.54) is 19.5 Å². The molecule has 1 aliphatic rings. The van der Waals surface area contributed by atoms with Gasteiger partial charge in [-0.2, -0.15) is 18.4 Å². The molecule has 1 saturated carbocycles. The predicted octanol–water partition coefficient (Wildman–Crippen LogP) is 7.62. The standard InChI is InChI=1S/C32H30ClF3N8O/c1-30(2,3)17-40-26-18(14-37)15-39-27-23(26)12-19(13-24(27)33)41-28(21-6-5-7-22-20(21)8-11-38-29(22)45-4)25-16-44(43-42-25)31(9-10-31)32(34,35)36/h5-8,11-13,15-16,28,41H,9-10,17H2,1-4H3,(H,39,40)/t28-/m0/s1. The molecular weight excluding hydrogens is 605 g/mol. The van der Waals surface area contributed by atoms with Crippen molar-refractivity contribution >= 4 is 44.7 Å². The SMILES string of the molecule is COc1nccc2c([C@H](Nc3cc(Cl)c4ncc(C#N)c(NCC(C)(C)C)c4c3)c3cn(C4(C(F)(F)F)CC4)nn3)cccc12. The summed E-state index contributed by atoms with van der Waals surface area (Å²) in [6, 6.07) is 12.3. The van der Waals surface area contributed by atoms with E-state index in [0.29, 0.717) is 50.9 Å². The largest absolute Gasteiger partial charge is 0.481 e. The van der Waals surface area contributed by atoms with Crippen LogP contribution in [0.2, 0.25) is 5.02 Å². The Morgan fingerprint density at radius 1 is 1.11 bits per heavy atom. The Bertz CT molecular complexity index is 1960. The first-order valence-corrected chi connectivity index (χ1v) is 14.7. The van der Waals surface area contributed by atoms with Crippen LogP contribution in [0.5, 0.6) is 5.88 Å². The molecule has 1 fully saturated rings. The summed E-state index contributed by atoms with van der Waals surface area (Å²) in [5, 5.41) is 27.4. The fourth-order valence-electron chi connectivity index (χ4n) is 5.45. The van der Waals surface area contributed by atoms with Crippen molar-refractivity contribution in [3.05, 3.63) is 76.8 Å². The van der Waals surface area contributed by atoms with E-state index >= 15 is 0 Å². The number of methoxy groups -OCH3 is 1. The van der Waals surface area contributed by atoms with E-state index in [2.05, 4.69) is 57.8 Å². The highest BCUT2D eigenvalue weighted by atomic mass is 35.5. The number of nitriles is 1. The number of halogens is 4. The number of benzene rings is 2. The topological polar surface area (TPSA) is 114 Å². The second-order valence-electron chi connectivity index (χ2n) is 12.4. The van der Waals surface area contributed by atoms with Crippen molar-refractivity contribution in [2.24, 2.45) is 5.41 Å². The lowest BCUT2D eigenvalue weighted by Gasteiger charge is -2.23. The summed E-state index contributed by atoms with van der Waals surface area (Å²) in [6.45, 7) is 6.81. The summed E-state index contributed by atoms with van der Waals surface area (Å²) in [6.07, 6.45) is -0.145. The Balaban J connectivity index is 1.51. The van der Waals surface area contributed by atoms with E-state index in [4.69, 9.17) is 16.3 Å². The van der Waals surface area contributed by atoms with Gasteiger partial charge in [0.15, 0.2) is 5.54 Å². The van der Waals surface area contributed by atoms with E-state index in [9.17, 15) is 18.4 Å². The molecule has 0 bridgehead atoms. The number of hydrogen-bond donors (Lipinski definition) is 2. The van der Waals surface area contributed by atoms with Gasteiger partial charge in [0, 0.05) is 35.4 Å². The van der Waals surface area contributed by atoms with Crippen LogP contribution in [0.1, 0.15) is 56.5 Å². The van der Waals surface area contributed by atoms with Crippen LogP contribution in [0.15, 0.2) is 55.0 Å². The zero-order valence-electron chi connectivity index (χ0n) is 25.0. The molecule has 3 aromatic heterocycles. The highest BCUT2D eigenvalue weighted by molar-refractivity contribution is 6.35. The van der Waals surface area contributed by atoms with Gasteiger partial charge in [0.1, 0.15) is 11.8 Å². The third-order valence-corrected chi connectivity index (χ3v) is 8.24. The Labute approximate surface area is 262 Å². The van der Waals surface area contributed by atoms with Crippen LogP contribution in [0.3, 0.4) is 0 Å². The number of alkyl halides is 3. The van der Waals surface area contributed by atoms with Crippen molar-refractivity contribution in [1.82, 2.24) is 25.0 Å². The normalized spacial score (nSPS) is 15.1. The zero-order valence-corrected chi connectivity index (χ0v) is 25.8. The zero-order chi connectivity index (χ0) is 32.1. The number of fused-ring (bicyclic) bond motifs is 2. The van der Waals surface area contributed by atoms with E-state index in [0.717, 1.165) is 15.5 Å². The first-order valence-electron chi connectivity index (χ1n) is 14.3. The van der Waals surface area contributed by atoms with Gasteiger partial charge in [-0.15, -0.1) is 5.10 Å². The van der Waals surface area contributed by atoms with Gasteiger partial charge in [0.2, 0.25) is 5.88 Å². The van der Waals surface area contributed by atoms with Crippen molar-refractivity contribution in [2.75, 3.05) is 24.3 Å². The lowest BCUT2D eigenvalue weighted by Crippen LogP contribution is -2.35. The molecule has 3 heterocycles. The maximum absolute atomic E-state index is 14.0. The van der Waals surface area contributed by atoms with Gasteiger partial charge < -0.3 is 15.4 Å².